The number of carbonyl (C=O) groups excluding carboxylic acids is 1. The van der Waals surface area contributed by atoms with E-state index in [1.54, 1.807) is 0 Å². The first-order valence-electron chi connectivity index (χ1n) is 5.83. The third-order valence-electron chi connectivity index (χ3n) is 3.24. The van der Waals surface area contributed by atoms with Crippen molar-refractivity contribution < 1.29 is 4.79 Å². The van der Waals surface area contributed by atoms with Crippen molar-refractivity contribution in [3.05, 3.63) is 11.6 Å². The van der Waals surface area contributed by atoms with E-state index in [2.05, 4.69) is 19.9 Å². The highest BCUT2D eigenvalue weighted by Crippen LogP contribution is 2.30. The normalized spacial score (nSPS) is 28.9. The molecule has 0 unspecified atom stereocenters. The Labute approximate surface area is 87.6 Å². The molecule has 0 bridgehead atoms. The number of hydrogen-bond acceptors (Lipinski definition) is 1. The minimum absolute atomic E-state index is 0.686. The van der Waals surface area contributed by atoms with Gasteiger partial charge in [0.1, 0.15) is 6.29 Å². The lowest BCUT2D eigenvalue weighted by Crippen LogP contribution is -2.10. The third kappa shape index (κ3) is 4.08. The van der Waals surface area contributed by atoms with Crippen molar-refractivity contribution >= 4 is 6.29 Å². The Kier molecular flexibility index (Phi) is 4.92. The Morgan fingerprint density at radius 1 is 1.29 bits per heavy atom. The summed E-state index contributed by atoms with van der Waals surface area (Å²) in [6.07, 6.45) is 10.5. The summed E-state index contributed by atoms with van der Waals surface area (Å²) in [6.45, 7) is 4.50. The zero-order chi connectivity index (χ0) is 10.4. The fraction of sp³-hybridized carbons (Fsp3) is 0.769. The Morgan fingerprint density at radius 2 is 1.93 bits per heavy atom. The summed E-state index contributed by atoms with van der Waals surface area (Å²) in [5.41, 5.74) is 1.40. The lowest BCUT2D eigenvalue weighted by Gasteiger charge is -2.24. The van der Waals surface area contributed by atoms with E-state index in [4.69, 9.17) is 0 Å². The van der Waals surface area contributed by atoms with E-state index in [0.717, 1.165) is 24.5 Å². The Morgan fingerprint density at radius 3 is 2.50 bits per heavy atom. The molecule has 0 spiro atoms. The summed E-state index contributed by atoms with van der Waals surface area (Å²) < 4.78 is 0. The zero-order valence-electron chi connectivity index (χ0n) is 9.46. The van der Waals surface area contributed by atoms with Crippen LogP contribution >= 0.6 is 0 Å². The van der Waals surface area contributed by atoms with Crippen LogP contribution in [0.4, 0.5) is 0 Å². The number of allylic oxidation sites excluding steroid dienone is 2. The number of aldehydes is 1. The maximum Gasteiger partial charge on any atom is 0.120 e. The van der Waals surface area contributed by atoms with Crippen molar-refractivity contribution in [3.8, 4) is 0 Å². The molecular formula is C13H22O. The summed E-state index contributed by atoms with van der Waals surface area (Å²) >= 11 is 0. The Hall–Kier alpha value is -0.590. The second kappa shape index (κ2) is 6.00. The van der Waals surface area contributed by atoms with Gasteiger partial charge in [-0.1, -0.05) is 31.4 Å². The highest BCUT2D eigenvalue weighted by atomic mass is 16.1. The van der Waals surface area contributed by atoms with E-state index in [1.165, 1.54) is 31.3 Å². The van der Waals surface area contributed by atoms with E-state index < -0.39 is 0 Å². The Bertz CT molecular complexity index is 197. The molecule has 1 aliphatic carbocycles. The lowest BCUT2D eigenvalue weighted by atomic mass is 9.82. The molecule has 0 aromatic rings. The van der Waals surface area contributed by atoms with Crippen LogP contribution in [0, 0.1) is 11.8 Å². The molecule has 1 fully saturated rings. The molecule has 0 saturated heterocycles. The van der Waals surface area contributed by atoms with Crippen molar-refractivity contribution in [1.82, 2.24) is 0 Å². The van der Waals surface area contributed by atoms with E-state index >= 15 is 0 Å². The van der Waals surface area contributed by atoms with Gasteiger partial charge in [0.2, 0.25) is 0 Å². The summed E-state index contributed by atoms with van der Waals surface area (Å²) in [4.78, 5) is 10.2. The molecule has 0 radical (unpaired) electrons. The van der Waals surface area contributed by atoms with Crippen molar-refractivity contribution in [2.45, 2.75) is 52.4 Å². The van der Waals surface area contributed by atoms with Crippen molar-refractivity contribution in [2.75, 3.05) is 0 Å². The van der Waals surface area contributed by atoms with Gasteiger partial charge in [-0.3, -0.25) is 0 Å². The highest BCUT2D eigenvalue weighted by Gasteiger charge is 2.15. The van der Waals surface area contributed by atoms with Gasteiger partial charge in [0.15, 0.2) is 0 Å². The van der Waals surface area contributed by atoms with E-state index in [-0.39, 0.29) is 0 Å². The van der Waals surface area contributed by atoms with Crippen molar-refractivity contribution in [3.63, 3.8) is 0 Å². The van der Waals surface area contributed by atoms with Crippen LogP contribution in [0.3, 0.4) is 0 Å². The largest absolute Gasteiger partial charge is 0.303 e. The number of rotatable bonds is 4. The topological polar surface area (TPSA) is 17.1 Å². The monoisotopic (exact) mass is 194 g/mol. The molecule has 0 heterocycles. The van der Waals surface area contributed by atoms with Crippen LogP contribution in [0.2, 0.25) is 0 Å². The van der Waals surface area contributed by atoms with Crippen LogP contribution in [0.5, 0.6) is 0 Å². The summed E-state index contributed by atoms with van der Waals surface area (Å²) in [6, 6.07) is 0. The van der Waals surface area contributed by atoms with Crippen LogP contribution in [0.15, 0.2) is 11.6 Å². The zero-order valence-corrected chi connectivity index (χ0v) is 9.46. The van der Waals surface area contributed by atoms with Gasteiger partial charge in [0.05, 0.1) is 0 Å². The molecule has 0 atom stereocenters. The molecule has 1 rings (SSSR count). The minimum atomic E-state index is 0.686. The minimum Gasteiger partial charge on any atom is -0.303 e. The Balaban J connectivity index is 2.31. The average Bonchev–Trinajstić information content (AvgIpc) is 2.18. The predicted molar refractivity (Wildman–Crippen MR) is 60.2 cm³/mol. The SMILES string of the molecule is C/C(=C\C1CCC(C)CC1)CCC=O. The standard InChI is InChI=1S/C13H22O/c1-11-5-7-13(8-6-11)10-12(2)4-3-9-14/h9-11,13H,3-8H2,1-2H3/b12-10+. The third-order valence-corrected chi connectivity index (χ3v) is 3.24. The van der Waals surface area contributed by atoms with Gasteiger partial charge in [-0.15, -0.1) is 0 Å². The van der Waals surface area contributed by atoms with E-state index in [9.17, 15) is 4.79 Å². The summed E-state index contributed by atoms with van der Waals surface area (Å²) in [7, 11) is 0. The van der Waals surface area contributed by atoms with E-state index in [0.29, 0.717) is 6.42 Å². The van der Waals surface area contributed by atoms with Gasteiger partial charge >= 0.3 is 0 Å². The van der Waals surface area contributed by atoms with E-state index in [1.807, 2.05) is 0 Å². The molecule has 0 aromatic heterocycles. The molecule has 0 amide bonds. The molecule has 0 aliphatic heterocycles. The first-order valence-corrected chi connectivity index (χ1v) is 5.83. The van der Waals surface area contributed by atoms with Crippen molar-refractivity contribution in [2.24, 2.45) is 11.8 Å². The van der Waals surface area contributed by atoms with Crippen molar-refractivity contribution in [1.29, 1.82) is 0 Å². The van der Waals surface area contributed by atoms with Gasteiger partial charge in [-0.25, -0.2) is 0 Å². The molecule has 1 saturated carbocycles. The summed E-state index contributed by atoms with van der Waals surface area (Å²) in [5, 5.41) is 0. The van der Waals surface area contributed by atoms with Gasteiger partial charge in [0, 0.05) is 6.42 Å². The first kappa shape index (κ1) is 11.5. The average molecular weight is 194 g/mol. The lowest BCUT2D eigenvalue weighted by molar-refractivity contribution is -0.107. The molecule has 14 heavy (non-hydrogen) atoms. The van der Waals surface area contributed by atoms with Crippen LogP contribution in [-0.2, 0) is 4.79 Å². The van der Waals surface area contributed by atoms with Crippen LogP contribution in [0.25, 0.3) is 0 Å². The van der Waals surface area contributed by atoms with Gasteiger partial charge in [-0.2, -0.15) is 0 Å². The van der Waals surface area contributed by atoms with Gasteiger partial charge in [-0.05, 0) is 38.0 Å². The predicted octanol–water partition coefficient (Wildman–Crippen LogP) is 3.74. The number of carbonyl (C=O) groups is 1. The highest BCUT2D eigenvalue weighted by molar-refractivity contribution is 5.49. The fourth-order valence-electron chi connectivity index (χ4n) is 2.22. The molecule has 1 aliphatic rings. The number of hydrogen-bond donors (Lipinski definition) is 0. The molecule has 0 aromatic carbocycles. The van der Waals surface area contributed by atoms with Gasteiger partial charge < -0.3 is 4.79 Å². The smallest absolute Gasteiger partial charge is 0.120 e. The second-order valence-corrected chi connectivity index (χ2v) is 4.74. The second-order valence-electron chi connectivity index (χ2n) is 4.74. The van der Waals surface area contributed by atoms with Gasteiger partial charge in [0.25, 0.3) is 0 Å². The quantitative estimate of drug-likeness (QED) is 0.492. The molecular weight excluding hydrogens is 172 g/mol. The fourth-order valence-corrected chi connectivity index (χ4v) is 2.22. The maximum atomic E-state index is 10.2. The molecule has 1 heteroatoms. The van der Waals surface area contributed by atoms with Crippen LogP contribution < -0.4 is 0 Å². The molecule has 1 nitrogen and oxygen atoms in total. The maximum absolute atomic E-state index is 10.2. The van der Waals surface area contributed by atoms with Crippen LogP contribution in [0.1, 0.15) is 52.4 Å². The molecule has 0 N–H and O–H groups in total. The summed E-state index contributed by atoms with van der Waals surface area (Å²) in [5.74, 6) is 1.72. The van der Waals surface area contributed by atoms with Crippen LogP contribution in [-0.4, -0.2) is 6.29 Å². The molecule has 80 valence electrons. The first-order chi connectivity index (χ1) is 6.72.